The van der Waals surface area contributed by atoms with Gasteiger partial charge in [-0.3, -0.25) is 14.6 Å². The van der Waals surface area contributed by atoms with Crippen LogP contribution in [0.15, 0.2) is 65.7 Å². The normalized spacial score (nSPS) is 18.6. The molecule has 5 rings (SSSR count). The lowest BCUT2D eigenvalue weighted by Crippen LogP contribution is -2.49. The molecule has 1 fully saturated rings. The zero-order valence-corrected chi connectivity index (χ0v) is 18.7. The van der Waals surface area contributed by atoms with Crippen molar-refractivity contribution in [3.63, 3.8) is 0 Å². The Hall–Kier alpha value is -4.14. The molecule has 0 spiro atoms. The van der Waals surface area contributed by atoms with Crippen LogP contribution in [0.25, 0.3) is 0 Å². The highest BCUT2D eigenvalue weighted by Gasteiger charge is 2.37. The quantitative estimate of drug-likeness (QED) is 0.624. The van der Waals surface area contributed by atoms with E-state index in [0.29, 0.717) is 36.6 Å². The highest BCUT2D eigenvalue weighted by Crippen LogP contribution is 2.36. The number of nitrogens with zero attached hydrogens (tertiary/aromatic N) is 3. The molecule has 0 radical (unpaired) electrons. The average Bonchev–Trinajstić information content (AvgIpc) is 2.86. The molecule has 1 saturated heterocycles. The maximum Gasteiger partial charge on any atom is 0.323 e. The molecule has 2 aromatic heterocycles. The van der Waals surface area contributed by atoms with Crippen molar-refractivity contribution in [2.45, 2.75) is 18.9 Å². The molecule has 0 saturated carbocycles. The number of amides is 3. The van der Waals surface area contributed by atoms with E-state index >= 15 is 0 Å². The van der Waals surface area contributed by atoms with E-state index in [9.17, 15) is 14.4 Å². The van der Waals surface area contributed by atoms with Crippen LogP contribution in [0.5, 0.6) is 5.75 Å². The summed E-state index contributed by atoms with van der Waals surface area (Å²) in [5, 5.41) is 5.38. The first-order valence-corrected chi connectivity index (χ1v) is 11.2. The number of methoxy groups -OCH3 is 1. The van der Waals surface area contributed by atoms with Crippen molar-refractivity contribution in [2.75, 3.05) is 30.8 Å². The molecule has 2 N–H and O–H groups in total. The van der Waals surface area contributed by atoms with Gasteiger partial charge in [-0.05, 0) is 48.7 Å². The fourth-order valence-corrected chi connectivity index (χ4v) is 4.90. The Bertz CT molecular complexity index is 1290. The van der Waals surface area contributed by atoms with Crippen LogP contribution < -0.4 is 20.9 Å². The third kappa shape index (κ3) is 4.12. The van der Waals surface area contributed by atoms with Gasteiger partial charge >= 0.3 is 6.03 Å². The van der Waals surface area contributed by atoms with Crippen molar-refractivity contribution in [1.29, 1.82) is 0 Å². The Morgan fingerprint density at radius 3 is 2.62 bits per heavy atom. The van der Waals surface area contributed by atoms with Crippen molar-refractivity contribution in [3.05, 3.63) is 82.5 Å². The maximum atomic E-state index is 13.2. The smallest absolute Gasteiger partial charge is 0.323 e. The van der Waals surface area contributed by atoms with Crippen LogP contribution in [-0.4, -0.2) is 46.6 Å². The van der Waals surface area contributed by atoms with Gasteiger partial charge in [0, 0.05) is 43.6 Å². The van der Waals surface area contributed by atoms with Gasteiger partial charge in [0.15, 0.2) is 0 Å². The monoisotopic (exact) mass is 459 g/mol. The van der Waals surface area contributed by atoms with E-state index in [-0.39, 0.29) is 29.0 Å². The number of carbonyl (C=O) groups is 2. The van der Waals surface area contributed by atoms with Gasteiger partial charge in [-0.25, -0.2) is 4.79 Å². The van der Waals surface area contributed by atoms with E-state index in [1.807, 2.05) is 11.0 Å². The summed E-state index contributed by atoms with van der Waals surface area (Å²) in [6, 6.07) is 13.6. The van der Waals surface area contributed by atoms with E-state index in [2.05, 4.69) is 15.6 Å². The SMILES string of the molecule is COc1ccccc1NC(=O)Nc1ccc2n(c1=O)C[C@H]1C[C@@H]2CN(C(=O)c2cccnc2)C1. The summed E-state index contributed by atoms with van der Waals surface area (Å²) in [6.45, 7) is 1.64. The van der Waals surface area contributed by atoms with E-state index in [1.165, 1.54) is 7.11 Å². The molecule has 34 heavy (non-hydrogen) atoms. The number of ether oxygens (including phenoxy) is 1. The zero-order valence-electron chi connectivity index (χ0n) is 18.7. The molecule has 9 nitrogen and oxygen atoms in total. The van der Waals surface area contributed by atoms with Crippen LogP contribution in [0, 0.1) is 5.92 Å². The number of rotatable bonds is 4. The number of carbonyl (C=O) groups excluding carboxylic acids is 2. The molecule has 2 aliphatic heterocycles. The van der Waals surface area contributed by atoms with Crippen LogP contribution >= 0.6 is 0 Å². The van der Waals surface area contributed by atoms with Gasteiger partial charge in [0.05, 0.1) is 18.4 Å². The summed E-state index contributed by atoms with van der Waals surface area (Å²) in [5.74, 6) is 0.724. The minimum atomic E-state index is -0.522. The van der Waals surface area contributed by atoms with Gasteiger partial charge < -0.3 is 24.8 Å². The Kier molecular flexibility index (Phi) is 5.75. The molecule has 4 heterocycles. The molecule has 3 aromatic rings. The molecule has 3 amide bonds. The Labute approximate surface area is 196 Å². The fourth-order valence-electron chi connectivity index (χ4n) is 4.90. The molecule has 2 bridgehead atoms. The number of piperidine rings is 1. The van der Waals surface area contributed by atoms with E-state index in [0.717, 1.165) is 12.1 Å². The standard InChI is InChI=1S/C25H25N5O4/c1-34-22-7-3-2-6-19(22)27-25(33)28-20-8-9-21-18-11-16(14-30(21)24(20)32)13-29(15-18)23(31)17-5-4-10-26-12-17/h2-10,12,16,18H,11,13-15H2,1H3,(H2,27,28,33)/t16-,18+/m0/s1. The highest BCUT2D eigenvalue weighted by molar-refractivity contribution is 6.00. The third-order valence-electron chi connectivity index (χ3n) is 6.40. The number of likely N-dealkylation sites (tertiary alicyclic amines) is 1. The summed E-state index contributed by atoms with van der Waals surface area (Å²) >= 11 is 0. The number of fused-ring (bicyclic) bond motifs is 4. The van der Waals surface area contributed by atoms with Crippen molar-refractivity contribution in [3.8, 4) is 5.75 Å². The molecular weight excluding hydrogens is 434 g/mol. The molecule has 0 unspecified atom stereocenters. The number of pyridine rings is 2. The van der Waals surface area contributed by atoms with Gasteiger partial charge in [-0.1, -0.05) is 12.1 Å². The highest BCUT2D eigenvalue weighted by atomic mass is 16.5. The number of anilines is 2. The second kappa shape index (κ2) is 9.01. The second-order valence-electron chi connectivity index (χ2n) is 8.62. The molecule has 2 aliphatic rings. The molecule has 9 heteroatoms. The van der Waals surface area contributed by atoms with Gasteiger partial charge in [0.2, 0.25) is 0 Å². The first kappa shape index (κ1) is 21.7. The minimum absolute atomic E-state index is 0.0371. The van der Waals surface area contributed by atoms with Crippen LogP contribution in [0.2, 0.25) is 0 Å². The first-order valence-electron chi connectivity index (χ1n) is 11.2. The predicted molar refractivity (Wildman–Crippen MR) is 127 cm³/mol. The molecule has 2 atom stereocenters. The van der Waals surface area contributed by atoms with Gasteiger partial charge in [0.25, 0.3) is 11.5 Å². The number of hydrogen-bond acceptors (Lipinski definition) is 5. The predicted octanol–water partition coefficient (Wildman–Crippen LogP) is 3.16. The van der Waals surface area contributed by atoms with Crippen LogP contribution in [0.1, 0.15) is 28.4 Å². The molecule has 0 aliphatic carbocycles. The minimum Gasteiger partial charge on any atom is -0.495 e. The summed E-state index contributed by atoms with van der Waals surface area (Å²) in [4.78, 5) is 44.6. The van der Waals surface area contributed by atoms with Gasteiger partial charge in [-0.15, -0.1) is 0 Å². The van der Waals surface area contributed by atoms with Crippen molar-refractivity contribution >= 4 is 23.3 Å². The molecule has 1 aromatic carbocycles. The lowest BCUT2D eigenvalue weighted by atomic mass is 9.83. The maximum absolute atomic E-state index is 13.2. The van der Waals surface area contributed by atoms with Crippen LogP contribution in [0.3, 0.4) is 0 Å². The summed E-state index contributed by atoms with van der Waals surface area (Å²) in [6.07, 6.45) is 4.16. The lowest BCUT2D eigenvalue weighted by Gasteiger charge is -2.42. The lowest BCUT2D eigenvalue weighted by molar-refractivity contribution is 0.0594. The molecular formula is C25H25N5O4. The number of hydrogen-bond donors (Lipinski definition) is 2. The number of urea groups is 1. The van der Waals surface area contributed by atoms with Crippen LogP contribution in [0.4, 0.5) is 16.2 Å². The average molecular weight is 460 g/mol. The number of aromatic nitrogens is 2. The van der Waals surface area contributed by atoms with Gasteiger partial charge in [-0.2, -0.15) is 0 Å². The Morgan fingerprint density at radius 2 is 1.82 bits per heavy atom. The zero-order chi connectivity index (χ0) is 23.7. The number of benzene rings is 1. The number of para-hydroxylation sites is 2. The van der Waals surface area contributed by atoms with Crippen molar-refractivity contribution < 1.29 is 14.3 Å². The topological polar surface area (TPSA) is 106 Å². The Morgan fingerprint density at radius 1 is 1.00 bits per heavy atom. The van der Waals surface area contributed by atoms with Crippen LogP contribution in [-0.2, 0) is 6.54 Å². The fraction of sp³-hybridized carbons (Fsp3) is 0.280. The van der Waals surface area contributed by atoms with E-state index in [4.69, 9.17) is 4.74 Å². The Balaban J connectivity index is 1.33. The summed E-state index contributed by atoms with van der Waals surface area (Å²) in [5.41, 5.74) is 1.93. The third-order valence-corrected chi connectivity index (χ3v) is 6.40. The second-order valence-corrected chi connectivity index (χ2v) is 8.62. The van der Waals surface area contributed by atoms with Crippen molar-refractivity contribution in [1.82, 2.24) is 14.5 Å². The van der Waals surface area contributed by atoms with E-state index < -0.39 is 6.03 Å². The molecule has 174 valence electrons. The summed E-state index contributed by atoms with van der Waals surface area (Å²) in [7, 11) is 1.52. The number of nitrogens with one attached hydrogen (secondary N) is 2. The van der Waals surface area contributed by atoms with Gasteiger partial charge in [0.1, 0.15) is 11.4 Å². The first-order chi connectivity index (χ1) is 16.5. The van der Waals surface area contributed by atoms with Crippen molar-refractivity contribution in [2.24, 2.45) is 5.92 Å². The summed E-state index contributed by atoms with van der Waals surface area (Å²) < 4.78 is 6.99. The largest absolute Gasteiger partial charge is 0.495 e. The van der Waals surface area contributed by atoms with E-state index in [1.54, 1.807) is 59.4 Å².